The van der Waals surface area contributed by atoms with E-state index in [2.05, 4.69) is 0 Å². The molecule has 0 heterocycles. The zero-order valence-corrected chi connectivity index (χ0v) is 7.92. The molecule has 0 aliphatic heterocycles. The second-order valence-corrected chi connectivity index (χ2v) is 3.79. The normalized spacial score (nSPS) is 11.3. The molecule has 0 saturated carbocycles. The second-order valence-electron chi connectivity index (χ2n) is 2.01. The Kier molecular flexibility index (Phi) is 5.28. The number of nitrogens with zero attached hydrogens (tertiary/aromatic N) is 1. The van der Waals surface area contributed by atoms with Gasteiger partial charge in [-0.15, -0.1) is 0 Å². The standard InChI is InChI=1S/C6H14NO2Si/c1-7(2)5-6-10(8-3)9-4/h5-6H,1-4H3. The summed E-state index contributed by atoms with van der Waals surface area (Å²) in [4.78, 5) is 1.95. The molecule has 0 N–H and O–H groups in total. The van der Waals surface area contributed by atoms with Crippen LogP contribution in [0.1, 0.15) is 0 Å². The Morgan fingerprint density at radius 2 is 1.70 bits per heavy atom. The van der Waals surface area contributed by atoms with Gasteiger partial charge in [-0.05, 0) is 11.9 Å². The minimum atomic E-state index is -1.14. The Labute approximate surface area is 64.1 Å². The van der Waals surface area contributed by atoms with E-state index in [4.69, 9.17) is 8.85 Å². The summed E-state index contributed by atoms with van der Waals surface area (Å²) in [5, 5.41) is 0. The summed E-state index contributed by atoms with van der Waals surface area (Å²) in [5.74, 6) is 0. The van der Waals surface area contributed by atoms with Crippen molar-refractivity contribution in [2.24, 2.45) is 0 Å². The molecule has 0 aromatic rings. The topological polar surface area (TPSA) is 21.7 Å². The average Bonchev–Trinajstić information content (AvgIpc) is 1.90. The van der Waals surface area contributed by atoms with E-state index < -0.39 is 9.28 Å². The maximum absolute atomic E-state index is 5.02. The van der Waals surface area contributed by atoms with Crippen LogP contribution < -0.4 is 0 Å². The van der Waals surface area contributed by atoms with Crippen molar-refractivity contribution in [2.45, 2.75) is 0 Å². The first-order valence-electron chi connectivity index (χ1n) is 3.00. The Balaban J connectivity index is 3.61. The molecular weight excluding hydrogens is 146 g/mol. The highest BCUT2D eigenvalue weighted by Crippen LogP contribution is 1.87. The lowest BCUT2D eigenvalue weighted by molar-refractivity contribution is 0.290. The monoisotopic (exact) mass is 160 g/mol. The molecule has 10 heavy (non-hydrogen) atoms. The van der Waals surface area contributed by atoms with Crippen LogP contribution in [0.4, 0.5) is 0 Å². The van der Waals surface area contributed by atoms with Crippen LogP contribution in [0.25, 0.3) is 0 Å². The molecule has 1 radical (unpaired) electrons. The molecule has 59 valence electrons. The largest absolute Gasteiger partial charge is 0.416 e. The molecular formula is C6H14NO2Si. The van der Waals surface area contributed by atoms with E-state index in [9.17, 15) is 0 Å². The lowest BCUT2D eigenvalue weighted by Gasteiger charge is -2.06. The Morgan fingerprint density at radius 3 is 2.00 bits per heavy atom. The maximum atomic E-state index is 5.02. The van der Waals surface area contributed by atoms with E-state index in [1.165, 1.54) is 0 Å². The summed E-state index contributed by atoms with van der Waals surface area (Å²) in [6.45, 7) is 0. The van der Waals surface area contributed by atoms with Gasteiger partial charge in [0.05, 0.1) is 0 Å². The summed E-state index contributed by atoms with van der Waals surface area (Å²) < 4.78 is 10.0. The van der Waals surface area contributed by atoms with Crippen LogP contribution in [-0.4, -0.2) is 42.5 Å². The predicted octanol–water partition coefficient (Wildman–Crippen LogP) is 0.382. The van der Waals surface area contributed by atoms with Crippen LogP contribution in [0.15, 0.2) is 11.9 Å². The fraction of sp³-hybridized carbons (Fsp3) is 0.667. The quantitative estimate of drug-likeness (QED) is 0.555. The highest BCUT2D eigenvalue weighted by atomic mass is 28.3. The zero-order valence-electron chi connectivity index (χ0n) is 6.92. The summed E-state index contributed by atoms with van der Waals surface area (Å²) in [6, 6.07) is 0. The van der Waals surface area contributed by atoms with Gasteiger partial charge in [0.15, 0.2) is 0 Å². The summed E-state index contributed by atoms with van der Waals surface area (Å²) in [5.41, 5.74) is 1.94. The van der Waals surface area contributed by atoms with Crippen molar-refractivity contribution in [3.05, 3.63) is 11.9 Å². The smallest absolute Gasteiger partial charge is 0.394 e. The van der Waals surface area contributed by atoms with Gasteiger partial charge < -0.3 is 13.8 Å². The van der Waals surface area contributed by atoms with Crippen molar-refractivity contribution in [2.75, 3.05) is 28.3 Å². The van der Waals surface area contributed by atoms with Crippen LogP contribution in [0, 0.1) is 0 Å². The van der Waals surface area contributed by atoms with Crippen LogP contribution in [-0.2, 0) is 8.85 Å². The van der Waals surface area contributed by atoms with Gasteiger partial charge in [-0.1, -0.05) is 0 Å². The maximum Gasteiger partial charge on any atom is 0.416 e. The molecule has 0 atom stereocenters. The van der Waals surface area contributed by atoms with Crippen LogP contribution in [0.3, 0.4) is 0 Å². The fourth-order valence-corrected chi connectivity index (χ4v) is 1.29. The zero-order chi connectivity index (χ0) is 7.98. The van der Waals surface area contributed by atoms with E-state index in [1.54, 1.807) is 14.2 Å². The Morgan fingerprint density at radius 1 is 1.20 bits per heavy atom. The third-order valence-electron chi connectivity index (χ3n) is 0.911. The van der Waals surface area contributed by atoms with Crippen LogP contribution in [0.5, 0.6) is 0 Å². The van der Waals surface area contributed by atoms with Crippen LogP contribution in [0.2, 0.25) is 0 Å². The average molecular weight is 160 g/mol. The van der Waals surface area contributed by atoms with Crippen molar-refractivity contribution < 1.29 is 8.85 Å². The van der Waals surface area contributed by atoms with E-state index in [0.717, 1.165) is 0 Å². The lowest BCUT2D eigenvalue weighted by atomic mass is 10.9. The summed E-state index contributed by atoms with van der Waals surface area (Å²) in [6.07, 6.45) is 1.93. The van der Waals surface area contributed by atoms with Gasteiger partial charge in [0, 0.05) is 28.3 Å². The highest BCUT2D eigenvalue weighted by molar-refractivity contribution is 6.50. The SMILES string of the molecule is CO[Si](C=CN(C)C)OC. The van der Waals surface area contributed by atoms with E-state index in [0.29, 0.717) is 0 Å². The molecule has 0 unspecified atom stereocenters. The van der Waals surface area contributed by atoms with Crippen molar-refractivity contribution in [3.8, 4) is 0 Å². The number of hydrogen-bond donors (Lipinski definition) is 0. The molecule has 0 bridgehead atoms. The molecule has 0 aromatic heterocycles. The Bertz CT molecular complexity index is 102. The van der Waals surface area contributed by atoms with Crippen molar-refractivity contribution in [3.63, 3.8) is 0 Å². The fourth-order valence-electron chi connectivity index (χ4n) is 0.429. The molecule has 0 aliphatic rings. The highest BCUT2D eigenvalue weighted by Gasteiger charge is 2.04. The van der Waals surface area contributed by atoms with Crippen LogP contribution >= 0.6 is 0 Å². The minimum absolute atomic E-state index is 1.14. The molecule has 0 aromatic carbocycles. The Hall–Kier alpha value is -0.323. The molecule has 3 nitrogen and oxygen atoms in total. The molecule has 4 heteroatoms. The van der Waals surface area contributed by atoms with Gasteiger partial charge in [-0.2, -0.15) is 0 Å². The second kappa shape index (κ2) is 5.46. The van der Waals surface area contributed by atoms with Gasteiger partial charge in [0.2, 0.25) is 0 Å². The summed E-state index contributed by atoms with van der Waals surface area (Å²) in [7, 11) is 6.08. The predicted molar refractivity (Wildman–Crippen MR) is 42.6 cm³/mol. The molecule has 0 spiro atoms. The molecule has 0 fully saturated rings. The lowest BCUT2D eigenvalue weighted by Crippen LogP contribution is -2.17. The third-order valence-corrected chi connectivity index (χ3v) is 2.14. The van der Waals surface area contributed by atoms with Gasteiger partial charge >= 0.3 is 9.28 Å². The van der Waals surface area contributed by atoms with Crippen molar-refractivity contribution in [1.82, 2.24) is 4.90 Å². The van der Waals surface area contributed by atoms with E-state index >= 15 is 0 Å². The number of rotatable bonds is 4. The first-order chi connectivity index (χ1) is 4.70. The molecule has 0 saturated heterocycles. The molecule has 0 amide bonds. The third kappa shape index (κ3) is 4.55. The minimum Gasteiger partial charge on any atom is -0.394 e. The van der Waals surface area contributed by atoms with E-state index in [-0.39, 0.29) is 0 Å². The molecule has 0 rings (SSSR count). The van der Waals surface area contributed by atoms with Gasteiger partial charge in [0.25, 0.3) is 0 Å². The van der Waals surface area contributed by atoms with Crippen molar-refractivity contribution in [1.29, 1.82) is 0 Å². The van der Waals surface area contributed by atoms with Crippen molar-refractivity contribution >= 4 is 9.28 Å². The first kappa shape index (κ1) is 9.68. The number of hydrogen-bond acceptors (Lipinski definition) is 3. The van der Waals surface area contributed by atoms with Gasteiger partial charge in [-0.25, -0.2) is 0 Å². The van der Waals surface area contributed by atoms with Gasteiger partial charge in [0.1, 0.15) is 0 Å². The summed E-state index contributed by atoms with van der Waals surface area (Å²) >= 11 is 0. The van der Waals surface area contributed by atoms with E-state index in [1.807, 2.05) is 30.9 Å². The first-order valence-corrected chi connectivity index (χ1v) is 4.39. The van der Waals surface area contributed by atoms with Gasteiger partial charge in [-0.3, -0.25) is 0 Å². The molecule has 0 aliphatic carbocycles.